The van der Waals surface area contributed by atoms with E-state index in [4.69, 9.17) is 38.3 Å². The molecule has 3 aromatic rings. The van der Waals surface area contributed by atoms with E-state index in [2.05, 4.69) is 39.6 Å². The fourth-order valence-corrected chi connectivity index (χ4v) is 5.35. The summed E-state index contributed by atoms with van der Waals surface area (Å²) in [5.74, 6) is 3.18. The predicted molar refractivity (Wildman–Crippen MR) is 157 cm³/mol. The van der Waals surface area contributed by atoms with Crippen LogP contribution in [0.2, 0.25) is 5.02 Å². The van der Waals surface area contributed by atoms with Gasteiger partial charge in [-0.05, 0) is 73.6 Å². The number of anilines is 2. The Morgan fingerprint density at radius 3 is 2.50 bits per heavy atom. The molecule has 2 saturated heterocycles. The van der Waals surface area contributed by atoms with E-state index in [1.807, 2.05) is 48.5 Å². The number of ether oxygens (including phenoxy) is 2. The lowest BCUT2D eigenvalue weighted by molar-refractivity contribution is 0.0515. The van der Waals surface area contributed by atoms with Crippen molar-refractivity contribution in [2.24, 2.45) is 5.92 Å². The molecule has 2 aliphatic rings. The summed E-state index contributed by atoms with van der Waals surface area (Å²) < 4.78 is 11.8. The lowest BCUT2D eigenvalue weighted by Gasteiger charge is -2.38. The Morgan fingerprint density at radius 1 is 1.08 bits per heavy atom. The van der Waals surface area contributed by atoms with Crippen molar-refractivity contribution >= 4 is 40.7 Å². The van der Waals surface area contributed by atoms with Gasteiger partial charge in [0.2, 0.25) is 11.8 Å². The standard InChI is InChI=1S/C29H34ClN5O2S/c1-21-11-15-35(16-12-21)25-19-26(37-24-5-3-2-4-6-24)33-27(32-25)34-28(38)31-20-29(13-17-36-18-14-29)22-7-9-23(30)10-8-22/h2-10,19,21H,11-18,20H2,1H3,(H2,31,32,33,34,38). The number of hydrogen-bond acceptors (Lipinski definition) is 6. The quantitative estimate of drug-likeness (QED) is 0.337. The van der Waals surface area contributed by atoms with Gasteiger partial charge in [0, 0.05) is 49.4 Å². The molecule has 0 atom stereocenters. The molecule has 2 N–H and O–H groups in total. The second-order valence-electron chi connectivity index (χ2n) is 10.2. The first-order valence-corrected chi connectivity index (χ1v) is 14.0. The van der Waals surface area contributed by atoms with Crippen LogP contribution in [0.15, 0.2) is 60.7 Å². The van der Waals surface area contributed by atoms with Crippen LogP contribution in [0.3, 0.4) is 0 Å². The number of thiocarbonyl (C=S) groups is 1. The van der Waals surface area contributed by atoms with Crippen LogP contribution in [0.5, 0.6) is 11.6 Å². The number of hydrogen-bond donors (Lipinski definition) is 2. The predicted octanol–water partition coefficient (Wildman–Crippen LogP) is 6.19. The molecule has 5 rings (SSSR count). The molecule has 2 aliphatic heterocycles. The maximum Gasteiger partial charge on any atom is 0.234 e. The van der Waals surface area contributed by atoms with E-state index in [1.165, 1.54) is 5.56 Å². The van der Waals surface area contributed by atoms with Gasteiger partial charge in [0.25, 0.3) is 0 Å². The summed E-state index contributed by atoms with van der Waals surface area (Å²) in [5, 5.41) is 7.84. The molecule has 200 valence electrons. The molecule has 0 aliphatic carbocycles. The third-order valence-corrected chi connectivity index (χ3v) is 7.98. The minimum atomic E-state index is -0.0939. The summed E-state index contributed by atoms with van der Waals surface area (Å²) in [6.07, 6.45) is 4.08. The highest BCUT2D eigenvalue weighted by atomic mass is 35.5. The number of rotatable bonds is 7. The third-order valence-electron chi connectivity index (χ3n) is 7.48. The van der Waals surface area contributed by atoms with Gasteiger partial charge in [0.1, 0.15) is 11.6 Å². The highest BCUT2D eigenvalue weighted by Crippen LogP contribution is 2.35. The maximum atomic E-state index is 6.15. The Hall–Kier alpha value is -2.94. The van der Waals surface area contributed by atoms with E-state index < -0.39 is 0 Å². The summed E-state index contributed by atoms with van der Waals surface area (Å²) in [7, 11) is 0. The molecule has 0 unspecified atom stereocenters. The highest BCUT2D eigenvalue weighted by molar-refractivity contribution is 7.80. The SMILES string of the molecule is CC1CCN(c2cc(Oc3ccccc3)nc(NC(=S)NCC3(c4ccc(Cl)cc4)CCOCC3)n2)CC1. The lowest BCUT2D eigenvalue weighted by atomic mass is 9.74. The summed E-state index contributed by atoms with van der Waals surface area (Å²) >= 11 is 11.9. The van der Waals surface area contributed by atoms with E-state index in [9.17, 15) is 0 Å². The largest absolute Gasteiger partial charge is 0.439 e. The van der Waals surface area contributed by atoms with E-state index in [1.54, 1.807) is 0 Å². The topological polar surface area (TPSA) is 71.5 Å². The third kappa shape index (κ3) is 6.73. The van der Waals surface area contributed by atoms with Crippen LogP contribution in [-0.4, -0.2) is 47.9 Å². The van der Waals surface area contributed by atoms with Crippen LogP contribution in [0.4, 0.5) is 11.8 Å². The number of para-hydroxylation sites is 1. The Balaban J connectivity index is 1.32. The first-order chi connectivity index (χ1) is 18.5. The maximum absolute atomic E-state index is 6.15. The molecule has 2 aromatic carbocycles. The minimum absolute atomic E-state index is 0.0939. The first-order valence-electron chi connectivity index (χ1n) is 13.2. The molecule has 9 heteroatoms. The average molecular weight is 552 g/mol. The Labute approximate surface area is 234 Å². The van der Waals surface area contributed by atoms with Gasteiger partial charge >= 0.3 is 0 Å². The zero-order valence-corrected chi connectivity index (χ0v) is 23.2. The summed E-state index contributed by atoms with van der Waals surface area (Å²) in [5.41, 5.74) is 1.14. The van der Waals surface area contributed by atoms with Crippen LogP contribution >= 0.6 is 23.8 Å². The van der Waals surface area contributed by atoms with Gasteiger partial charge in [-0.3, -0.25) is 0 Å². The molecule has 0 saturated carbocycles. The monoisotopic (exact) mass is 551 g/mol. The fourth-order valence-electron chi connectivity index (χ4n) is 5.06. The molecule has 38 heavy (non-hydrogen) atoms. The van der Waals surface area contributed by atoms with Crippen molar-refractivity contribution in [2.45, 2.75) is 38.0 Å². The molecular weight excluding hydrogens is 518 g/mol. The molecule has 2 fully saturated rings. The summed E-state index contributed by atoms with van der Waals surface area (Å²) in [6.45, 7) is 6.30. The van der Waals surface area contributed by atoms with Gasteiger partial charge in [0.15, 0.2) is 5.11 Å². The number of piperidine rings is 1. The van der Waals surface area contributed by atoms with Crippen molar-refractivity contribution in [1.29, 1.82) is 0 Å². The minimum Gasteiger partial charge on any atom is -0.439 e. The summed E-state index contributed by atoms with van der Waals surface area (Å²) in [4.78, 5) is 11.7. The number of aromatic nitrogens is 2. The van der Waals surface area contributed by atoms with Gasteiger partial charge in [0.05, 0.1) is 0 Å². The Bertz CT molecular complexity index is 1210. The van der Waals surface area contributed by atoms with Crippen molar-refractivity contribution in [3.05, 3.63) is 71.2 Å². The second-order valence-corrected chi connectivity index (χ2v) is 11.0. The molecule has 0 spiro atoms. The van der Waals surface area contributed by atoms with Crippen molar-refractivity contribution in [1.82, 2.24) is 15.3 Å². The molecule has 0 amide bonds. The van der Waals surface area contributed by atoms with Crippen LogP contribution in [-0.2, 0) is 10.2 Å². The second kappa shape index (κ2) is 12.3. The molecule has 3 heterocycles. The van der Waals surface area contributed by atoms with Crippen LogP contribution in [0, 0.1) is 5.92 Å². The first kappa shape index (κ1) is 26.7. The van der Waals surface area contributed by atoms with E-state index in [-0.39, 0.29) is 5.41 Å². The van der Waals surface area contributed by atoms with E-state index in [0.29, 0.717) is 36.7 Å². The van der Waals surface area contributed by atoms with Crippen LogP contribution < -0.4 is 20.3 Å². The van der Waals surface area contributed by atoms with Gasteiger partial charge in [-0.2, -0.15) is 9.97 Å². The zero-order chi connectivity index (χ0) is 26.4. The summed E-state index contributed by atoms with van der Waals surface area (Å²) in [6, 6.07) is 19.7. The smallest absolute Gasteiger partial charge is 0.234 e. The number of nitrogens with one attached hydrogen (secondary N) is 2. The normalized spacial score (nSPS) is 17.6. The van der Waals surface area contributed by atoms with Crippen molar-refractivity contribution in [3.8, 4) is 11.6 Å². The number of halogens is 1. The average Bonchev–Trinajstić information content (AvgIpc) is 2.94. The Kier molecular flexibility index (Phi) is 8.61. The molecule has 1 aromatic heterocycles. The van der Waals surface area contributed by atoms with Crippen molar-refractivity contribution < 1.29 is 9.47 Å². The fraction of sp³-hybridized carbons (Fsp3) is 0.414. The Morgan fingerprint density at radius 2 is 1.79 bits per heavy atom. The molecule has 0 radical (unpaired) electrons. The van der Waals surface area contributed by atoms with Gasteiger partial charge in [-0.1, -0.05) is 48.9 Å². The van der Waals surface area contributed by atoms with Gasteiger partial charge in [-0.25, -0.2) is 0 Å². The molecule has 7 nitrogen and oxygen atoms in total. The van der Waals surface area contributed by atoms with E-state index >= 15 is 0 Å². The van der Waals surface area contributed by atoms with Gasteiger partial charge < -0.3 is 25.0 Å². The number of benzene rings is 2. The number of nitrogens with zero attached hydrogens (tertiary/aromatic N) is 3. The van der Waals surface area contributed by atoms with Gasteiger partial charge in [-0.15, -0.1) is 0 Å². The zero-order valence-electron chi connectivity index (χ0n) is 21.7. The highest BCUT2D eigenvalue weighted by Gasteiger charge is 2.34. The van der Waals surface area contributed by atoms with Crippen molar-refractivity contribution in [3.63, 3.8) is 0 Å². The van der Waals surface area contributed by atoms with Crippen LogP contribution in [0.25, 0.3) is 0 Å². The van der Waals surface area contributed by atoms with Crippen molar-refractivity contribution in [2.75, 3.05) is 43.1 Å². The van der Waals surface area contributed by atoms with E-state index in [0.717, 1.165) is 61.3 Å². The molecular formula is C29H34ClN5O2S. The lowest BCUT2D eigenvalue weighted by Crippen LogP contribution is -2.45. The van der Waals surface area contributed by atoms with Crippen LogP contribution in [0.1, 0.15) is 38.2 Å². The molecule has 0 bridgehead atoms.